The molecule has 1 aromatic heterocycles. The average Bonchev–Trinajstić information content (AvgIpc) is 2.45. The van der Waals surface area contributed by atoms with Gasteiger partial charge in [-0.05, 0) is 29.2 Å². The van der Waals surface area contributed by atoms with Crippen LogP contribution in [-0.4, -0.2) is 17.4 Å². The first-order valence-corrected chi connectivity index (χ1v) is 6.78. The predicted molar refractivity (Wildman–Crippen MR) is 79.8 cm³/mol. The van der Waals surface area contributed by atoms with Crippen LogP contribution in [0.1, 0.15) is 28.8 Å². The van der Waals surface area contributed by atoms with Crippen LogP contribution in [0.3, 0.4) is 0 Å². The number of hydrogen-bond donors (Lipinski definition) is 2. The van der Waals surface area contributed by atoms with Gasteiger partial charge in [0, 0.05) is 23.9 Å². The SMILES string of the molecule is CC1CNC(=O)c2cccc(-c3cc(N)ncc3Cl)c21. The topological polar surface area (TPSA) is 68.0 Å². The summed E-state index contributed by atoms with van der Waals surface area (Å²) in [4.78, 5) is 16.0. The number of carbonyl (C=O) groups excluding carboxylic acids is 1. The molecule has 1 aliphatic rings. The Kier molecular flexibility index (Phi) is 3.10. The van der Waals surface area contributed by atoms with Crippen molar-refractivity contribution in [3.05, 3.63) is 46.6 Å². The third-order valence-electron chi connectivity index (χ3n) is 3.58. The summed E-state index contributed by atoms with van der Waals surface area (Å²) in [7, 11) is 0. The lowest BCUT2D eigenvalue weighted by atomic mass is 9.85. The van der Waals surface area contributed by atoms with Crippen molar-refractivity contribution in [1.29, 1.82) is 0 Å². The van der Waals surface area contributed by atoms with Crippen LogP contribution < -0.4 is 11.1 Å². The van der Waals surface area contributed by atoms with Crippen LogP contribution in [0.2, 0.25) is 5.02 Å². The van der Waals surface area contributed by atoms with E-state index in [0.717, 1.165) is 16.7 Å². The molecule has 1 atom stereocenters. The van der Waals surface area contributed by atoms with E-state index >= 15 is 0 Å². The van der Waals surface area contributed by atoms with Gasteiger partial charge in [-0.3, -0.25) is 4.79 Å². The summed E-state index contributed by atoms with van der Waals surface area (Å²) < 4.78 is 0. The number of hydrogen-bond acceptors (Lipinski definition) is 3. The van der Waals surface area contributed by atoms with Crippen molar-refractivity contribution < 1.29 is 4.79 Å². The number of aromatic nitrogens is 1. The van der Waals surface area contributed by atoms with Gasteiger partial charge < -0.3 is 11.1 Å². The zero-order chi connectivity index (χ0) is 14.3. The fourth-order valence-electron chi connectivity index (χ4n) is 2.63. The quantitative estimate of drug-likeness (QED) is 0.847. The number of nitrogens with two attached hydrogens (primary N) is 1. The molecule has 0 saturated carbocycles. The molecule has 0 aliphatic carbocycles. The van der Waals surface area contributed by atoms with Gasteiger partial charge in [-0.2, -0.15) is 0 Å². The van der Waals surface area contributed by atoms with Gasteiger partial charge in [0.15, 0.2) is 0 Å². The molecule has 1 unspecified atom stereocenters. The predicted octanol–water partition coefficient (Wildman–Crippen LogP) is 2.83. The van der Waals surface area contributed by atoms with E-state index in [4.69, 9.17) is 17.3 Å². The first-order valence-electron chi connectivity index (χ1n) is 6.40. The fourth-order valence-corrected chi connectivity index (χ4v) is 2.84. The van der Waals surface area contributed by atoms with Crippen molar-refractivity contribution in [2.75, 3.05) is 12.3 Å². The van der Waals surface area contributed by atoms with E-state index in [1.54, 1.807) is 12.3 Å². The summed E-state index contributed by atoms with van der Waals surface area (Å²) >= 11 is 6.24. The van der Waals surface area contributed by atoms with E-state index in [9.17, 15) is 4.79 Å². The summed E-state index contributed by atoms with van der Waals surface area (Å²) in [6, 6.07) is 7.41. The Morgan fingerprint density at radius 3 is 2.90 bits per heavy atom. The van der Waals surface area contributed by atoms with Crippen molar-refractivity contribution in [3.63, 3.8) is 0 Å². The molecule has 0 bridgehead atoms. The number of benzene rings is 1. The highest BCUT2D eigenvalue weighted by molar-refractivity contribution is 6.33. The Balaban J connectivity index is 2.27. The maximum Gasteiger partial charge on any atom is 0.251 e. The molecule has 0 saturated heterocycles. The normalized spacial score (nSPS) is 17.5. The lowest BCUT2D eigenvalue weighted by Crippen LogP contribution is -2.34. The van der Waals surface area contributed by atoms with Gasteiger partial charge in [0.2, 0.25) is 0 Å². The molecule has 0 spiro atoms. The number of anilines is 1. The first kappa shape index (κ1) is 12.9. The molecule has 5 heteroatoms. The van der Waals surface area contributed by atoms with E-state index < -0.39 is 0 Å². The smallest absolute Gasteiger partial charge is 0.251 e. The molecule has 4 nitrogen and oxygen atoms in total. The van der Waals surface area contributed by atoms with E-state index in [2.05, 4.69) is 17.2 Å². The molecular formula is C15H14ClN3O. The molecule has 0 radical (unpaired) electrons. The fraction of sp³-hybridized carbons (Fsp3) is 0.200. The lowest BCUT2D eigenvalue weighted by Gasteiger charge is -2.25. The molecule has 102 valence electrons. The van der Waals surface area contributed by atoms with Gasteiger partial charge in [0.05, 0.1) is 5.02 Å². The highest BCUT2D eigenvalue weighted by atomic mass is 35.5. The number of carbonyl (C=O) groups is 1. The largest absolute Gasteiger partial charge is 0.384 e. The van der Waals surface area contributed by atoms with Crippen LogP contribution >= 0.6 is 11.6 Å². The zero-order valence-corrected chi connectivity index (χ0v) is 11.7. The van der Waals surface area contributed by atoms with Crippen molar-refractivity contribution >= 4 is 23.3 Å². The van der Waals surface area contributed by atoms with E-state index in [-0.39, 0.29) is 11.8 Å². The number of pyridine rings is 1. The molecule has 3 rings (SSSR count). The van der Waals surface area contributed by atoms with E-state index in [0.29, 0.717) is 22.9 Å². The van der Waals surface area contributed by atoms with Crippen LogP contribution in [0.25, 0.3) is 11.1 Å². The van der Waals surface area contributed by atoms with Crippen LogP contribution in [0.15, 0.2) is 30.5 Å². The molecule has 1 aromatic carbocycles. The second-order valence-electron chi connectivity index (χ2n) is 4.97. The van der Waals surface area contributed by atoms with Gasteiger partial charge >= 0.3 is 0 Å². The zero-order valence-electron chi connectivity index (χ0n) is 11.0. The molecule has 1 amide bonds. The van der Waals surface area contributed by atoms with Gasteiger partial charge in [-0.1, -0.05) is 30.7 Å². The molecule has 2 heterocycles. The Morgan fingerprint density at radius 2 is 2.10 bits per heavy atom. The standard InChI is InChI=1S/C15H14ClN3O/c1-8-6-19-15(20)10-4-2-3-9(14(8)10)11-5-13(17)18-7-12(11)16/h2-5,7-8H,6H2,1H3,(H2,17,18)(H,19,20). The summed E-state index contributed by atoms with van der Waals surface area (Å²) in [5.74, 6) is 0.595. The summed E-state index contributed by atoms with van der Waals surface area (Å²) in [5, 5.41) is 3.42. The molecule has 3 N–H and O–H groups in total. The van der Waals surface area contributed by atoms with Gasteiger partial charge in [0.1, 0.15) is 5.82 Å². The molecule has 0 fully saturated rings. The van der Waals surface area contributed by atoms with E-state index in [1.165, 1.54) is 0 Å². The number of nitrogens with one attached hydrogen (secondary N) is 1. The van der Waals surface area contributed by atoms with Crippen LogP contribution in [0, 0.1) is 0 Å². The Bertz CT molecular complexity index is 700. The molecular weight excluding hydrogens is 274 g/mol. The Hall–Kier alpha value is -2.07. The molecule has 2 aromatic rings. The van der Waals surface area contributed by atoms with Crippen molar-refractivity contribution in [2.24, 2.45) is 0 Å². The minimum absolute atomic E-state index is 0.0434. The third-order valence-corrected chi connectivity index (χ3v) is 3.88. The summed E-state index contributed by atoms with van der Waals surface area (Å²) in [5.41, 5.74) is 9.24. The maximum absolute atomic E-state index is 12.0. The lowest BCUT2D eigenvalue weighted by molar-refractivity contribution is 0.0941. The van der Waals surface area contributed by atoms with Crippen LogP contribution in [0.5, 0.6) is 0 Å². The number of rotatable bonds is 1. The minimum Gasteiger partial charge on any atom is -0.384 e. The van der Waals surface area contributed by atoms with Crippen LogP contribution in [-0.2, 0) is 0 Å². The Morgan fingerprint density at radius 1 is 1.35 bits per heavy atom. The van der Waals surface area contributed by atoms with Crippen molar-refractivity contribution in [3.8, 4) is 11.1 Å². The highest BCUT2D eigenvalue weighted by Crippen LogP contribution is 2.37. The summed E-state index contributed by atoms with van der Waals surface area (Å²) in [6.07, 6.45) is 1.54. The van der Waals surface area contributed by atoms with Crippen LogP contribution in [0.4, 0.5) is 5.82 Å². The Labute approximate surface area is 122 Å². The summed E-state index contributed by atoms with van der Waals surface area (Å²) in [6.45, 7) is 2.71. The number of amides is 1. The van der Waals surface area contributed by atoms with Gasteiger partial charge in [0.25, 0.3) is 5.91 Å². The molecule has 20 heavy (non-hydrogen) atoms. The third kappa shape index (κ3) is 2.02. The number of fused-ring (bicyclic) bond motifs is 1. The second kappa shape index (κ2) is 4.80. The number of nitrogen functional groups attached to an aromatic ring is 1. The minimum atomic E-state index is -0.0434. The second-order valence-corrected chi connectivity index (χ2v) is 5.37. The average molecular weight is 288 g/mol. The highest BCUT2D eigenvalue weighted by Gasteiger charge is 2.25. The van der Waals surface area contributed by atoms with Gasteiger partial charge in [-0.15, -0.1) is 0 Å². The number of halogens is 1. The number of nitrogens with zero attached hydrogens (tertiary/aromatic N) is 1. The molecule has 1 aliphatic heterocycles. The first-order chi connectivity index (χ1) is 9.58. The van der Waals surface area contributed by atoms with Crippen molar-refractivity contribution in [1.82, 2.24) is 10.3 Å². The monoisotopic (exact) mass is 287 g/mol. The van der Waals surface area contributed by atoms with Gasteiger partial charge in [-0.25, -0.2) is 4.98 Å². The maximum atomic E-state index is 12.0. The van der Waals surface area contributed by atoms with E-state index in [1.807, 2.05) is 18.2 Å². The van der Waals surface area contributed by atoms with Crippen molar-refractivity contribution in [2.45, 2.75) is 12.8 Å².